The molecule has 3 heteroatoms. The van der Waals surface area contributed by atoms with Crippen molar-refractivity contribution >= 4 is 34.1 Å². The molecule has 14 heavy (non-hydrogen) atoms. The SMILES string of the molecule is CCc1c(OC)ccc2cc(S)sc12. The Morgan fingerprint density at radius 2 is 2.21 bits per heavy atom. The summed E-state index contributed by atoms with van der Waals surface area (Å²) in [5.41, 5.74) is 1.29. The maximum absolute atomic E-state index is 5.34. The standard InChI is InChI=1S/C11H12OS2/c1-3-8-9(12-2)5-4-7-6-10(13)14-11(7)8/h4-6,13H,3H2,1-2H3. The predicted octanol–water partition coefficient (Wildman–Crippen LogP) is 3.76. The largest absolute Gasteiger partial charge is 0.496 e. The maximum Gasteiger partial charge on any atom is 0.123 e. The van der Waals surface area contributed by atoms with Crippen molar-refractivity contribution < 1.29 is 4.74 Å². The summed E-state index contributed by atoms with van der Waals surface area (Å²) in [5.74, 6) is 0.982. The molecule has 1 aromatic carbocycles. The Morgan fingerprint density at radius 3 is 2.86 bits per heavy atom. The van der Waals surface area contributed by atoms with E-state index in [-0.39, 0.29) is 0 Å². The van der Waals surface area contributed by atoms with Crippen LogP contribution >= 0.6 is 24.0 Å². The van der Waals surface area contributed by atoms with Crippen molar-refractivity contribution in [1.82, 2.24) is 0 Å². The molecule has 0 aliphatic heterocycles. The summed E-state index contributed by atoms with van der Waals surface area (Å²) < 4.78 is 7.70. The van der Waals surface area contributed by atoms with Crippen LogP contribution in [0.1, 0.15) is 12.5 Å². The third-order valence-electron chi connectivity index (χ3n) is 2.31. The van der Waals surface area contributed by atoms with Gasteiger partial charge in [-0.1, -0.05) is 6.92 Å². The maximum atomic E-state index is 5.34. The highest BCUT2D eigenvalue weighted by atomic mass is 32.2. The fourth-order valence-corrected chi connectivity index (χ4v) is 3.08. The fraction of sp³-hybridized carbons (Fsp3) is 0.273. The van der Waals surface area contributed by atoms with Crippen LogP contribution in [0, 0.1) is 0 Å². The molecule has 0 radical (unpaired) electrons. The van der Waals surface area contributed by atoms with Crippen LogP contribution in [0.2, 0.25) is 0 Å². The van der Waals surface area contributed by atoms with E-state index < -0.39 is 0 Å². The first-order valence-corrected chi connectivity index (χ1v) is 5.81. The first-order chi connectivity index (χ1) is 6.76. The normalized spacial score (nSPS) is 10.8. The average molecular weight is 224 g/mol. The van der Waals surface area contributed by atoms with Crippen molar-refractivity contribution in [3.63, 3.8) is 0 Å². The van der Waals surface area contributed by atoms with E-state index in [0.29, 0.717) is 0 Å². The van der Waals surface area contributed by atoms with E-state index >= 15 is 0 Å². The summed E-state index contributed by atoms with van der Waals surface area (Å²) >= 11 is 6.09. The summed E-state index contributed by atoms with van der Waals surface area (Å²) in [6.07, 6.45) is 0.994. The monoisotopic (exact) mass is 224 g/mol. The molecule has 74 valence electrons. The molecule has 2 rings (SSSR count). The van der Waals surface area contributed by atoms with Gasteiger partial charge in [-0.05, 0) is 30.0 Å². The van der Waals surface area contributed by atoms with E-state index in [1.165, 1.54) is 15.6 Å². The Bertz CT molecular complexity index is 460. The van der Waals surface area contributed by atoms with Crippen LogP contribution in [0.3, 0.4) is 0 Å². The lowest BCUT2D eigenvalue weighted by molar-refractivity contribution is 0.411. The summed E-state index contributed by atoms with van der Waals surface area (Å²) in [4.78, 5) is 0. The number of hydrogen-bond acceptors (Lipinski definition) is 3. The fourth-order valence-electron chi connectivity index (χ4n) is 1.66. The third-order valence-corrected chi connectivity index (χ3v) is 3.72. The number of methoxy groups -OCH3 is 1. The number of benzene rings is 1. The van der Waals surface area contributed by atoms with Crippen LogP contribution in [0.5, 0.6) is 5.75 Å². The Balaban J connectivity index is 2.75. The number of rotatable bonds is 2. The molecule has 1 nitrogen and oxygen atoms in total. The highest BCUT2D eigenvalue weighted by molar-refractivity contribution is 7.83. The molecule has 0 bridgehead atoms. The van der Waals surface area contributed by atoms with Gasteiger partial charge in [-0.2, -0.15) is 0 Å². The molecule has 2 aromatic rings. The second-order valence-electron chi connectivity index (χ2n) is 3.10. The number of thiophene rings is 1. The molecule has 0 spiro atoms. The highest BCUT2D eigenvalue weighted by Crippen LogP contribution is 2.35. The van der Waals surface area contributed by atoms with Crippen LogP contribution in [0.25, 0.3) is 10.1 Å². The minimum atomic E-state index is 0.982. The lowest BCUT2D eigenvalue weighted by atomic mass is 10.1. The minimum Gasteiger partial charge on any atom is -0.496 e. The summed E-state index contributed by atoms with van der Waals surface area (Å²) in [5, 5.41) is 1.26. The zero-order valence-corrected chi connectivity index (χ0v) is 9.91. The van der Waals surface area contributed by atoms with Crippen LogP contribution in [0.15, 0.2) is 22.4 Å². The second-order valence-corrected chi connectivity index (χ2v) is 4.94. The van der Waals surface area contributed by atoms with Gasteiger partial charge in [0.15, 0.2) is 0 Å². The number of hydrogen-bond donors (Lipinski definition) is 1. The van der Waals surface area contributed by atoms with Crippen LogP contribution in [-0.2, 0) is 6.42 Å². The Labute approximate surface area is 93.1 Å². The van der Waals surface area contributed by atoms with E-state index in [1.807, 2.05) is 6.07 Å². The smallest absolute Gasteiger partial charge is 0.123 e. The molecule has 0 amide bonds. The van der Waals surface area contributed by atoms with Crippen LogP contribution in [0.4, 0.5) is 0 Å². The van der Waals surface area contributed by atoms with E-state index in [4.69, 9.17) is 4.74 Å². The van der Waals surface area contributed by atoms with Gasteiger partial charge in [-0.15, -0.1) is 24.0 Å². The van der Waals surface area contributed by atoms with E-state index in [9.17, 15) is 0 Å². The molecular weight excluding hydrogens is 212 g/mol. The quantitative estimate of drug-likeness (QED) is 0.764. The molecular formula is C11H12OS2. The average Bonchev–Trinajstić information content (AvgIpc) is 2.56. The van der Waals surface area contributed by atoms with Gasteiger partial charge < -0.3 is 4.74 Å². The van der Waals surface area contributed by atoms with E-state index in [2.05, 4.69) is 31.7 Å². The van der Waals surface area contributed by atoms with Crippen LogP contribution in [-0.4, -0.2) is 7.11 Å². The first kappa shape index (κ1) is 9.87. The Hall–Kier alpha value is -0.670. The zero-order valence-electron chi connectivity index (χ0n) is 8.20. The van der Waals surface area contributed by atoms with Crippen molar-refractivity contribution in [2.24, 2.45) is 0 Å². The number of ether oxygens (including phenoxy) is 1. The van der Waals surface area contributed by atoms with Crippen LogP contribution < -0.4 is 4.74 Å². The van der Waals surface area contributed by atoms with Gasteiger partial charge in [0.1, 0.15) is 5.75 Å². The Kier molecular flexibility index (Phi) is 2.70. The van der Waals surface area contributed by atoms with Gasteiger partial charge in [-0.25, -0.2) is 0 Å². The van der Waals surface area contributed by atoms with Crippen molar-refractivity contribution in [3.05, 3.63) is 23.8 Å². The third kappa shape index (κ3) is 1.51. The van der Waals surface area contributed by atoms with E-state index in [0.717, 1.165) is 16.4 Å². The Morgan fingerprint density at radius 1 is 1.43 bits per heavy atom. The van der Waals surface area contributed by atoms with Gasteiger partial charge in [0.25, 0.3) is 0 Å². The minimum absolute atomic E-state index is 0.982. The lowest BCUT2D eigenvalue weighted by Crippen LogP contribution is -1.89. The molecule has 1 heterocycles. The highest BCUT2D eigenvalue weighted by Gasteiger charge is 2.08. The molecule has 0 aliphatic carbocycles. The van der Waals surface area contributed by atoms with E-state index in [1.54, 1.807) is 18.4 Å². The first-order valence-electron chi connectivity index (χ1n) is 4.54. The topological polar surface area (TPSA) is 9.23 Å². The van der Waals surface area contributed by atoms with Crippen molar-refractivity contribution in [2.45, 2.75) is 17.6 Å². The molecule has 0 unspecified atom stereocenters. The molecule has 0 fully saturated rings. The summed E-state index contributed by atoms with van der Waals surface area (Å²) in [7, 11) is 1.72. The van der Waals surface area contributed by atoms with Gasteiger partial charge in [0.2, 0.25) is 0 Å². The van der Waals surface area contributed by atoms with Crippen molar-refractivity contribution in [3.8, 4) is 5.75 Å². The summed E-state index contributed by atoms with van der Waals surface area (Å²) in [6, 6.07) is 6.21. The zero-order chi connectivity index (χ0) is 10.1. The molecule has 0 N–H and O–H groups in total. The van der Waals surface area contributed by atoms with Gasteiger partial charge >= 0.3 is 0 Å². The molecule has 0 aliphatic rings. The number of aryl methyl sites for hydroxylation is 1. The second kappa shape index (κ2) is 3.83. The van der Waals surface area contributed by atoms with Gasteiger partial charge in [-0.3, -0.25) is 0 Å². The van der Waals surface area contributed by atoms with Crippen molar-refractivity contribution in [1.29, 1.82) is 0 Å². The van der Waals surface area contributed by atoms with Gasteiger partial charge in [0, 0.05) is 10.3 Å². The molecule has 0 saturated heterocycles. The molecule has 0 saturated carbocycles. The van der Waals surface area contributed by atoms with Gasteiger partial charge in [0.05, 0.1) is 11.3 Å². The van der Waals surface area contributed by atoms with Crippen molar-refractivity contribution in [2.75, 3.05) is 7.11 Å². The number of fused-ring (bicyclic) bond motifs is 1. The molecule has 1 aromatic heterocycles. The predicted molar refractivity (Wildman–Crippen MR) is 65.0 cm³/mol. The summed E-state index contributed by atoms with van der Waals surface area (Å²) in [6.45, 7) is 2.15. The molecule has 0 atom stereocenters. The number of thiol groups is 1. The lowest BCUT2D eigenvalue weighted by Gasteiger charge is -2.06.